The fraction of sp³-hybridized carbons (Fsp3) is 0.667. The summed E-state index contributed by atoms with van der Waals surface area (Å²) in [7, 11) is 1.41. The molecule has 1 aromatic heterocycles. The molecule has 2 rings (SSSR count). The van der Waals surface area contributed by atoms with Crippen molar-refractivity contribution in [2.24, 2.45) is 0 Å². The van der Waals surface area contributed by atoms with E-state index >= 15 is 0 Å². The molecule has 1 fully saturated rings. The number of carbonyl (C=O) groups is 1. The predicted molar refractivity (Wildman–Crippen MR) is 65.2 cm³/mol. The SMILES string of the molecule is COC(=O)CCc1csc(C2CCOCC2)n1. The van der Waals surface area contributed by atoms with E-state index in [2.05, 4.69) is 9.72 Å². The number of thiazole rings is 1. The molecule has 0 aliphatic carbocycles. The van der Waals surface area contributed by atoms with Crippen molar-refractivity contribution in [3.8, 4) is 0 Å². The van der Waals surface area contributed by atoms with Gasteiger partial charge in [0, 0.05) is 30.9 Å². The van der Waals surface area contributed by atoms with Gasteiger partial charge in [0.05, 0.1) is 24.2 Å². The molecule has 0 unspecified atom stereocenters. The molecular weight excluding hydrogens is 238 g/mol. The second kappa shape index (κ2) is 6.12. The summed E-state index contributed by atoms with van der Waals surface area (Å²) in [6, 6.07) is 0. The van der Waals surface area contributed by atoms with Crippen molar-refractivity contribution in [2.45, 2.75) is 31.6 Å². The predicted octanol–water partition coefficient (Wildman–Crippen LogP) is 2.14. The number of aryl methyl sites for hydroxylation is 1. The molecule has 0 atom stereocenters. The Labute approximate surface area is 105 Å². The minimum Gasteiger partial charge on any atom is -0.469 e. The molecule has 94 valence electrons. The number of aromatic nitrogens is 1. The zero-order valence-corrected chi connectivity index (χ0v) is 10.8. The largest absolute Gasteiger partial charge is 0.469 e. The smallest absolute Gasteiger partial charge is 0.305 e. The first kappa shape index (κ1) is 12.5. The topological polar surface area (TPSA) is 48.4 Å². The molecule has 2 heterocycles. The molecule has 0 aromatic carbocycles. The molecule has 5 heteroatoms. The van der Waals surface area contributed by atoms with Gasteiger partial charge in [-0.25, -0.2) is 4.98 Å². The van der Waals surface area contributed by atoms with Crippen LogP contribution in [0.25, 0.3) is 0 Å². The Kier molecular flexibility index (Phi) is 4.50. The van der Waals surface area contributed by atoms with E-state index in [0.717, 1.165) is 31.7 Å². The summed E-state index contributed by atoms with van der Waals surface area (Å²) < 4.78 is 9.95. The van der Waals surface area contributed by atoms with E-state index in [1.165, 1.54) is 12.1 Å². The van der Waals surface area contributed by atoms with Gasteiger partial charge in [-0.3, -0.25) is 4.79 Å². The van der Waals surface area contributed by atoms with Crippen LogP contribution in [0.5, 0.6) is 0 Å². The van der Waals surface area contributed by atoms with Crippen molar-refractivity contribution in [3.63, 3.8) is 0 Å². The number of rotatable bonds is 4. The zero-order valence-electron chi connectivity index (χ0n) is 9.98. The quantitative estimate of drug-likeness (QED) is 0.773. The molecule has 17 heavy (non-hydrogen) atoms. The van der Waals surface area contributed by atoms with Crippen molar-refractivity contribution in [2.75, 3.05) is 20.3 Å². The highest BCUT2D eigenvalue weighted by molar-refractivity contribution is 7.09. The average Bonchev–Trinajstić information content (AvgIpc) is 2.86. The minimum atomic E-state index is -0.175. The highest BCUT2D eigenvalue weighted by Crippen LogP contribution is 2.29. The summed E-state index contributed by atoms with van der Waals surface area (Å²) in [6.07, 6.45) is 3.20. The van der Waals surface area contributed by atoms with E-state index in [1.54, 1.807) is 11.3 Å². The molecule has 0 radical (unpaired) electrons. The van der Waals surface area contributed by atoms with Crippen LogP contribution >= 0.6 is 11.3 Å². The van der Waals surface area contributed by atoms with Crippen LogP contribution in [0.2, 0.25) is 0 Å². The number of hydrogen-bond acceptors (Lipinski definition) is 5. The third kappa shape index (κ3) is 3.51. The molecule has 0 N–H and O–H groups in total. The van der Waals surface area contributed by atoms with E-state index in [4.69, 9.17) is 4.74 Å². The average molecular weight is 255 g/mol. The highest BCUT2D eigenvalue weighted by Gasteiger charge is 2.19. The first-order valence-electron chi connectivity index (χ1n) is 5.88. The van der Waals surface area contributed by atoms with Gasteiger partial charge >= 0.3 is 5.97 Å². The van der Waals surface area contributed by atoms with Crippen molar-refractivity contribution in [3.05, 3.63) is 16.1 Å². The monoisotopic (exact) mass is 255 g/mol. The number of hydrogen-bond donors (Lipinski definition) is 0. The standard InChI is InChI=1S/C12H17NO3S/c1-15-11(14)3-2-10-8-17-12(13-10)9-4-6-16-7-5-9/h8-9H,2-7H2,1H3. The van der Waals surface area contributed by atoms with Gasteiger partial charge in [-0.05, 0) is 12.8 Å². The van der Waals surface area contributed by atoms with Crippen LogP contribution in [-0.4, -0.2) is 31.3 Å². The maximum absolute atomic E-state index is 11.0. The molecule has 1 aromatic rings. The van der Waals surface area contributed by atoms with Crippen LogP contribution in [0.3, 0.4) is 0 Å². The van der Waals surface area contributed by atoms with Crippen molar-refractivity contribution < 1.29 is 14.3 Å². The van der Waals surface area contributed by atoms with Gasteiger partial charge in [-0.1, -0.05) is 0 Å². The summed E-state index contributed by atoms with van der Waals surface area (Å²) in [4.78, 5) is 15.6. The van der Waals surface area contributed by atoms with Gasteiger partial charge in [0.2, 0.25) is 0 Å². The van der Waals surface area contributed by atoms with E-state index in [9.17, 15) is 4.79 Å². The third-order valence-electron chi connectivity index (χ3n) is 2.95. The molecule has 1 aliphatic heterocycles. The van der Waals surface area contributed by atoms with Crippen LogP contribution in [0.4, 0.5) is 0 Å². The highest BCUT2D eigenvalue weighted by atomic mass is 32.1. The lowest BCUT2D eigenvalue weighted by Gasteiger charge is -2.19. The fourth-order valence-corrected chi connectivity index (χ4v) is 2.93. The van der Waals surface area contributed by atoms with Gasteiger partial charge in [-0.15, -0.1) is 11.3 Å². The Morgan fingerprint density at radius 2 is 2.35 bits per heavy atom. The second-order valence-corrected chi connectivity index (χ2v) is 5.03. The van der Waals surface area contributed by atoms with Gasteiger partial charge in [0.1, 0.15) is 0 Å². The number of carbonyl (C=O) groups excluding carboxylic acids is 1. The maximum atomic E-state index is 11.0. The summed E-state index contributed by atoms with van der Waals surface area (Å²) in [6.45, 7) is 1.67. The van der Waals surface area contributed by atoms with Gasteiger partial charge < -0.3 is 9.47 Å². The third-order valence-corrected chi connectivity index (χ3v) is 4.01. The number of esters is 1. The van der Waals surface area contributed by atoms with Crippen LogP contribution in [-0.2, 0) is 20.7 Å². The maximum Gasteiger partial charge on any atom is 0.305 e. The summed E-state index contributed by atoms with van der Waals surface area (Å²) >= 11 is 1.70. The van der Waals surface area contributed by atoms with Crippen molar-refractivity contribution in [1.82, 2.24) is 4.98 Å². The van der Waals surface area contributed by atoms with E-state index < -0.39 is 0 Å². The van der Waals surface area contributed by atoms with Crippen molar-refractivity contribution >= 4 is 17.3 Å². The van der Waals surface area contributed by atoms with Crippen LogP contribution in [0.1, 0.15) is 35.9 Å². The van der Waals surface area contributed by atoms with E-state index in [-0.39, 0.29) is 5.97 Å². The molecule has 1 aliphatic rings. The second-order valence-electron chi connectivity index (χ2n) is 4.14. The summed E-state index contributed by atoms with van der Waals surface area (Å²) in [5.41, 5.74) is 1.00. The van der Waals surface area contributed by atoms with Gasteiger partial charge in [0.15, 0.2) is 0 Å². The Morgan fingerprint density at radius 3 is 3.06 bits per heavy atom. The zero-order chi connectivity index (χ0) is 12.1. The Hall–Kier alpha value is -0.940. The molecular formula is C12H17NO3S. The number of ether oxygens (including phenoxy) is 2. The van der Waals surface area contributed by atoms with Crippen LogP contribution < -0.4 is 0 Å². The lowest BCUT2D eigenvalue weighted by molar-refractivity contribution is -0.140. The van der Waals surface area contributed by atoms with Crippen LogP contribution in [0, 0.1) is 0 Å². The van der Waals surface area contributed by atoms with E-state index in [1.807, 2.05) is 5.38 Å². The molecule has 4 nitrogen and oxygen atoms in total. The molecule has 1 saturated heterocycles. The van der Waals surface area contributed by atoms with Crippen LogP contribution in [0.15, 0.2) is 5.38 Å². The first-order valence-corrected chi connectivity index (χ1v) is 6.76. The normalized spacial score (nSPS) is 17.0. The Morgan fingerprint density at radius 1 is 1.59 bits per heavy atom. The first-order chi connectivity index (χ1) is 8.29. The lowest BCUT2D eigenvalue weighted by Crippen LogP contribution is -2.14. The fourth-order valence-electron chi connectivity index (χ4n) is 1.90. The molecule has 0 amide bonds. The Balaban J connectivity index is 1.88. The number of methoxy groups -OCH3 is 1. The lowest BCUT2D eigenvalue weighted by atomic mass is 10.0. The molecule has 0 spiro atoms. The molecule has 0 bridgehead atoms. The van der Waals surface area contributed by atoms with Gasteiger partial charge in [0.25, 0.3) is 0 Å². The molecule has 0 saturated carbocycles. The Bertz CT molecular complexity index is 372. The number of nitrogens with zero attached hydrogens (tertiary/aromatic N) is 1. The minimum absolute atomic E-state index is 0.175. The summed E-state index contributed by atoms with van der Waals surface area (Å²) in [5, 5.41) is 3.24. The van der Waals surface area contributed by atoms with Gasteiger partial charge in [-0.2, -0.15) is 0 Å². The van der Waals surface area contributed by atoms with E-state index in [0.29, 0.717) is 18.8 Å². The van der Waals surface area contributed by atoms with Crippen molar-refractivity contribution in [1.29, 1.82) is 0 Å². The summed E-state index contributed by atoms with van der Waals surface area (Å²) in [5.74, 6) is 0.367.